The molecule has 1 aromatic rings. The van der Waals surface area contributed by atoms with Crippen LogP contribution in [0.15, 0.2) is 24.3 Å². The van der Waals surface area contributed by atoms with Crippen LogP contribution in [0.3, 0.4) is 0 Å². The Morgan fingerprint density at radius 2 is 1.02 bits per heavy atom. The minimum absolute atomic E-state index is 0.0256. The summed E-state index contributed by atoms with van der Waals surface area (Å²) in [5.74, 6) is -12.8. The molecule has 0 saturated carbocycles. The van der Waals surface area contributed by atoms with E-state index < -0.39 is 145 Å². The number of primary amides is 1. The van der Waals surface area contributed by atoms with Gasteiger partial charge >= 0.3 is 11.9 Å². The molecule has 0 bridgehead atoms. The molecule has 362 valence electrons. The van der Waals surface area contributed by atoms with Crippen molar-refractivity contribution in [3.63, 3.8) is 0 Å². The molecule has 0 radical (unpaired) electrons. The maximum atomic E-state index is 13.6. The van der Waals surface area contributed by atoms with Crippen LogP contribution in [0.25, 0.3) is 0 Å². The summed E-state index contributed by atoms with van der Waals surface area (Å²) in [6, 6.07) is -5.11. The van der Waals surface area contributed by atoms with E-state index in [2.05, 4.69) is 42.5 Å². The number of benzene rings is 1. The van der Waals surface area contributed by atoms with Gasteiger partial charge in [-0.2, -0.15) is 0 Å². The number of hydrogen-bond acceptors (Lipinski definition) is 13. The van der Waals surface area contributed by atoms with Crippen LogP contribution in [0.5, 0.6) is 5.75 Å². The van der Waals surface area contributed by atoms with Crippen molar-refractivity contribution in [2.45, 2.75) is 129 Å². The lowest BCUT2D eigenvalue weighted by molar-refractivity contribution is -0.144. The van der Waals surface area contributed by atoms with Crippen LogP contribution in [0.1, 0.15) is 80.2 Å². The number of nitrogens with one attached hydrogen (secondary N) is 8. The van der Waals surface area contributed by atoms with Gasteiger partial charge in [-0.1, -0.05) is 53.7 Å². The lowest BCUT2D eigenvalue weighted by Crippen LogP contribution is -2.61. The van der Waals surface area contributed by atoms with Gasteiger partial charge in [-0.05, 0) is 62.1 Å². The van der Waals surface area contributed by atoms with Crippen molar-refractivity contribution in [2.24, 2.45) is 29.2 Å². The second kappa shape index (κ2) is 26.7. The number of hydrogen-bond donors (Lipinski definition) is 13. The molecule has 0 saturated heterocycles. The zero-order chi connectivity index (χ0) is 49.9. The van der Waals surface area contributed by atoms with Gasteiger partial charge in [0.25, 0.3) is 0 Å². The van der Waals surface area contributed by atoms with Gasteiger partial charge in [0.2, 0.25) is 53.2 Å². The highest BCUT2D eigenvalue weighted by Gasteiger charge is 2.36. The molecular formula is C41H64N10O14. The molecule has 0 aliphatic carbocycles. The summed E-state index contributed by atoms with van der Waals surface area (Å²) in [6.07, 6.45) is -1.75. The largest absolute Gasteiger partial charge is 0.508 e. The highest BCUT2D eigenvalue weighted by atomic mass is 16.4. The molecule has 1 aromatic carbocycles. The van der Waals surface area contributed by atoms with Crippen molar-refractivity contribution in [3.05, 3.63) is 29.8 Å². The van der Waals surface area contributed by atoms with Gasteiger partial charge < -0.3 is 69.3 Å². The summed E-state index contributed by atoms with van der Waals surface area (Å²) in [5, 5.41) is 47.1. The molecule has 65 heavy (non-hydrogen) atoms. The first kappa shape index (κ1) is 56.2. The van der Waals surface area contributed by atoms with E-state index in [1.807, 2.05) is 0 Å². The lowest BCUT2D eigenvalue weighted by Gasteiger charge is -2.29. The van der Waals surface area contributed by atoms with Crippen LogP contribution in [0, 0.1) is 17.8 Å². The first-order chi connectivity index (χ1) is 30.1. The van der Waals surface area contributed by atoms with Crippen LogP contribution in [0.2, 0.25) is 0 Å². The first-order valence-electron chi connectivity index (χ1n) is 20.8. The summed E-state index contributed by atoms with van der Waals surface area (Å²) in [5.41, 5.74) is 11.9. The Bertz CT molecular complexity index is 1890. The van der Waals surface area contributed by atoms with E-state index >= 15 is 0 Å². The number of carbonyl (C=O) groups excluding carboxylic acids is 9. The number of rotatable bonds is 27. The molecule has 0 spiro atoms. The minimum Gasteiger partial charge on any atom is -0.508 e. The topological polar surface area (TPSA) is 397 Å². The second-order valence-corrected chi connectivity index (χ2v) is 16.6. The third-order valence-electron chi connectivity index (χ3n) is 9.54. The smallest absolute Gasteiger partial charge is 0.326 e. The number of aromatic hydroxyl groups is 1. The van der Waals surface area contributed by atoms with E-state index in [0.717, 1.165) is 0 Å². The summed E-state index contributed by atoms with van der Waals surface area (Å²) < 4.78 is 0. The van der Waals surface area contributed by atoms with Gasteiger partial charge in [0, 0.05) is 0 Å². The molecule has 9 amide bonds. The zero-order valence-corrected chi connectivity index (χ0v) is 37.7. The number of aliphatic carboxylic acids is 2. The zero-order valence-electron chi connectivity index (χ0n) is 37.7. The van der Waals surface area contributed by atoms with Gasteiger partial charge in [-0.15, -0.1) is 0 Å². The molecule has 0 fully saturated rings. The van der Waals surface area contributed by atoms with Crippen molar-refractivity contribution in [3.8, 4) is 5.75 Å². The highest BCUT2D eigenvalue weighted by molar-refractivity contribution is 5.99. The predicted molar refractivity (Wildman–Crippen MR) is 230 cm³/mol. The van der Waals surface area contributed by atoms with E-state index in [-0.39, 0.29) is 24.5 Å². The van der Waals surface area contributed by atoms with Gasteiger partial charge in [0.1, 0.15) is 48.0 Å². The molecule has 0 aromatic heterocycles. The third-order valence-corrected chi connectivity index (χ3v) is 9.54. The quantitative estimate of drug-likeness (QED) is 0.0409. The van der Waals surface area contributed by atoms with E-state index in [9.17, 15) is 68.1 Å². The van der Waals surface area contributed by atoms with Crippen molar-refractivity contribution in [2.75, 3.05) is 6.54 Å². The molecule has 7 unspecified atom stereocenters. The molecule has 15 N–H and O–H groups in total. The van der Waals surface area contributed by atoms with E-state index in [1.165, 1.54) is 39.8 Å². The Labute approximate surface area is 375 Å². The molecule has 8 atom stereocenters. The average Bonchev–Trinajstić information content (AvgIpc) is 3.19. The van der Waals surface area contributed by atoms with Crippen molar-refractivity contribution >= 4 is 65.1 Å². The summed E-state index contributed by atoms with van der Waals surface area (Å²) >= 11 is 0. The number of carboxylic acid groups (broad SMARTS) is 2. The summed E-state index contributed by atoms with van der Waals surface area (Å²) in [6.45, 7) is 11.7. The van der Waals surface area contributed by atoms with Crippen LogP contribution in [0.4, 0.5) is 0 Å². The molecule has 0 aliphatic rings. The van der Waals surface area contributed by atoms with Crippen LogP contribution in [-0.2, 0) is 59.2 Å². The van der Waals surface area contributed by atoms with Crippen molar-refractivity contribution < 1.29 is 68.1 Å². The highest BCUT2D eigenvalue weighted by Crippen LogP contribution is 2.12. The van der Waals surface area contributed by atoms with Gasteiger partial charge in [-0.25, -0.2) is 4.79 Å². The third kappa shape index (κ3) is 20.5. The predicted octanol–water partition coefficient (Wildman–Crippen LogP) is -3.40. The summed E-state index contributed by atoms with van der Waals surface area (Å²) in [7, 11) is 0. The maximum absolute atomic E-state index is 13.6. The van der Waals surface area contributed by atoms with E-state index in [1.54, 1.807) is 39.8 Å². The fraction of sp³-hybridized carbons (Fsp3) is 0.585. The Morgan fingerprint density at radius 1 is 0.554 bits per heavy atom. The fourth-order valence-electron chi connectivity index (χ4n) is 5.93. The number of phenolic OH excluding ortho intramolecular Hbond substituents is 1. The average molecular weight is 921 g/mol. The number of amides is 9. The Morgan fingerprint density at radius 3 is 1.49 bits per heavy atom. The lowest BCUT2D eigenvalue weighted by atomic mass is 9.99. The first-order valence-corrected chi connectivity index (χ1v) is 20.8. The van der Waals surface area contributed by atoms with Crippen molar-refractivity contribution in [1.29, 1.82) is 0 Å². The number of carboxylic acids is 2. The standard InChI is InChI=1S/C41H64N10O14/c1-18(2)13-28(41(64)65)49-38(61)27(16-31(55)56)47-37(60)26(15-29(43)53)48-39(62)32(19(3)4)51-40(63)33(20(5)6)50-35(58)22(8)45-30(54)17-44-34(57)21(7)46-36(59)25(42)14-23-9-11-24(52)12-10-23/h9-12,18-22,25-28,32-33,52H,13-17,42H2,1-8H3,(H2,43,53)(H,44,57)(H,45,54)(H,46,59)(H,47,60)(H,48,62)(H,49,61)(H,50,58)(H,51,63)(H,55,56)(H,64,65)/t21-,22?,25?,26?,27?,28?,32?,33?/m1/s1. The number of carbonyl (C=O) groups is 11. The number of nitrogens with two attached hydrogens (primary N) is 2. The van der Waals surface area contributed by atoms with Gasteiger partial charge in [0.05, 0.1) is 25.4 Å². The molecule has 24 heteroatoms. The molecule has 1 rings (SSSR count). The van der Waals surface area contributed by atoms with Crippen LogP contribution in [-0.4, -0.2) is 135 Å². The Hall–Kier alpha value is -6.85. The number of phenols is 1. The minimum atomic E-state index is -1.85. The molecule has 0 heterocycles. The maximum Gasteiger partial charge on any atom is 0.326 e. The van der Waals surface area contributed by atoms with Crippen LogP contribution >= 0.6 is 0 Å². The monoisotopic (exact) mass is 920 g/mol. The molecular weight excluding hydrogens is 857 g/mol. The Kier molecular flexibility index (Phi) is 23.1. The second-order valence-electron chi connectivity index (χ2n) is 16.6. The van der Waals surface area contributed by atoms with Crippen molar-refractivity contribution in [1.82, 2.24) is 42.5 Å². The van der Waals surface area contributed by atoms with E-state index in [0.29, 0.717) is 5.56 Å². The SMILES string of the molecule is CC(C)CC(NC(=O)C(CC(=O)O)NC(=O)C(CC(N)=O)NC(=O)C(NC(=O)C(NC(=O)C(C)NC(=O)CNC(=O)[C@@H](C)NC(=O)C(N)Cc1ccc(O)cc1)C(C)C)C(C)C)C(=O)O. The summed E-state index contributed by atoms with van der Waals surface area (Å²) in [4.78, 5) is 140. The van der Waals surface area contributed by atoms with Crippen LogP contribution < -0.4 is 54.0 Å². The van der Waals surface area contributed by atoms with Gasteiger partial charge in [0.15, 0.2) is 0 Å². The van der Waals surface area contributed by atoms with E-state index in [4.69, 9.17) is 11.5 Å². The fourth-order valence-corrected chi connectivity index (χ4v) is 5.93. The Balaban J connectivity index is 2.96. The molecule has 0 aliphatic heterocycles. The molecule has 24 nitrogen and oxygen atoms in total. The van der Waals surface area contributed by atoms with Gasteiger partial charge in [-0.3, -0.25) is 47.9 Å². The normalized spacial score (nSPS) is 14.8.